The first kappa shape index (κ1) is 14.8. The molecule has 0 amide bonds. The van der Waals surface area contributed by atoms with E-state index in [2.05, 4.69) is 9.97 Å². The van der Waals surface area contributed by atoms with Crippen LogP contribution in [0.2, 0.25) is 5.15 Å². The summed E-state index contributed by atoms with van der Waals surface area (Å²) in [6.07, 6.45) is -5.87. The van der Waals surface area contributed by atoms with Gasteiger partial charge in [0.15, 0.2) is 0 Å². The third-order valence-corrected chi connectivity index (χ3v) is 2.85. The standard InChI is InChI=1S/C11H5ClF6N2/c1-4-2-5-7(3-6(4)13)19-9(20-8(5)12)10(14,15)11(16,17)18/h2-3H,1H3. The van der Waals surface area contributed by atoms with Gasteiger partial charge in [0.2, 0.25) is 5.82 Å². The summed E-state index contributed by atoms with van der Waals surface area (Å²) in [5, 5.41) is -0.607. The lowest BCUT2D eigenvalue weighted by atomic mass is 10.1. The molecule has 2 nitrogen and oxygen atoms in total. The molecule has 1 aromatic carbocycles. The summed E-state index contributed by atoms with van der Waals surface area (Å²) < 4.78 is 76.4. The largest absolute Gasteiger partial charge is 0.461 e. The SMILES string of the molecule is Cc1cc2c(Cl)nc(C(F)(F)C(F)(F)F)nc2cc1F. The Labute approximate surface area is 113 Å². The van der Waals surface area contributed by atoms with E-state index in [1.807, 2.05) is 0 Å². The van der Waals surface area contributed by atoms with Gasteiger partial charge < -0.3 is 0 Å². The van der Waals surface area contributed by atoms with Gasteiger partial charge >= 0.3 is 12.1 Å². The number of aryl methyl sites for hydroxylation is 1. The Bertz CT molecular complexity index is 683. The van der Waals surface area contributed by atoms with Crippen LogP contribution < -0.4 is 0 Å². The molecule has 0 saturated heterocycles. The van der Waals surface area contributed by atoms with Crippen LogP contribution >= 0.6 is 11.6 Å². The molecule has 1 aromatic heterocycles. The summed E-state index contributed by atoms with van der Waals surface area (Å²) in [6, 6.07) is 1.90. The van der Waals surface area contributed by atoms with Crippen LogP contribution in [0.4, 0.5) is 26.3 Å². The van der Waals surface area contributed by atoms with Crippen molar-refractivity contribution in [1.29, 1.82) is 0 Å². The van der Waals surface area contributed by atoms with E-state index in [9.17, 15) is 26.3 Å². The minimum absolute atomic E-state index is 0.00714. The molecule has 0 aliphatic carbocycles. The molecule has 0 bridgehead atoms. The predicted molar refractivity (Wildman–Crippen MR) is 59.2 cm³/mol. The van der Waals surface area contributed by atoms with Crippen molar-refractivity contribution >= 4 is 22.5 Å². The monoisotopic (exact) mass is 314 g/mol. The molecule has 0 fully saturated rings. The van der Waals surface area contributed by atoms with Crippen LogP contribution in [-0.4, -0.2) is 16.1 Å². The maximum Gasteiger partial charge on any atom is 0.461 e. The number of rotatable bonds is 1. The first-order valence-corrected chi connectivity index (χ1v) is 5.50. The lowest BCUT2D eigenvalue weighted by molar-refractivity contribution is -0.292. The number of hydrogen-bond donors (Lipinski definition) is 0. The maximum absolute atomic E-state index is 13.3. The summed E-state index contributed by atoms with van der Waals surface area (Å²) >= 11 is 5.57. The first-order chi connectivity index (χ1) is 9.04. The van der Waals surface area contributed by atoms with Gasteiger partial charge in [-0.05, 0) is 18.6 Å². The van der Waals surface area contributed by atoms with Crippen LogP contribution in [0.15, 0.2) is 12.1 Å². The van der Waals surface area contributed by atoms with Crippen molar-refractivity contribution in [1.82, 2.24) is 9.97 Å². The fourth-order valence-corrected chi connectivity index (χ4v) is 1.72. The highest BCUT2D eigenvalue weighted by atomic mass is 35.5. The topological polar surface area (TPSA) is 25.8 Å². The highest BCUT2D eigenvalue weighted by molar-refractivity contribution is 6.34. The second kappa shape index (κ2) is 4.47. The van der Waals surface area contributed by atoms with Crippen LogP contribution in [-0.2, 0) is 5.92 Å². The van der Waals surface area contributed by atoms with Crippen LogP contribution in [0, 0.1) is 12.7 Å². The highest BCUT2D eigenvalue weighted by Gasteiger charge is 2.61. The quantitative estimate of drug-likeness (QED) is 0.576. The Kier molecular flexibility index (Phi) is 3.32. The summed E-state index contributed by atoms with van der Waals surface area (Å²) in [6.45, 7) is 1.38. The smallest absolute Gasteiger partial charge is 0.226 e. The number of benzene rings is 1. The zero-order chi connectivity index (χ0) is 15.3. The number of fused-ring (bicyclic) bond motifs is 1. The Morgan fingerprint density at radius 3 is 2.20 bits per heavy atom. The van der Waals surface area contributed by atoms with E-state index in [1.54, 1.807) is 0 Å². The zero-order valence-electron chi connectivity index (χ0n) is 9.69. The third-order valence-electron chi connectivity index (χ3n) is 2.57. The van der Waals surface area contributed by atoms with Crippen LogP contribution in [0.25, 0.3) is 10.9 Å². The summed E-state index contributed by atoms with van der Waals surface area (Å²) in [5.41, 5.74) is -0.287. The molecule has 2 rings (SSSR count). The van der Waals surface area contributed by atoms with E-state index in [1.165, 1.54) is 13.0 Å². The molecule has 9 heteroatoms. The fraction of sp³-hybridized carbons (Fsp3) is 0.273. The molecule has 0 radical (unpaired) electrons. The molecule has 0 saturated carbocycles. The van der Waals surface area contributed by atoms with Crippen LogP contribution in [0.1, 0.15) is 11.4 Å². The maximum atomic E-state index is 13.3. The minimum atomic E-state index is -5.87. The van der Waals surface area contributed by atoms with Crippen LogP contribution in [0.3, 0.4) is 0 Å². The molecule has 0 aliphatic heterocycles. The Morgan fingerprint density at radius 2 is 1.65 bits per heavy atom. The molecule has 2 aromatic rings. The van der Waals surface area contributed by atoms with E-state index in [4.69, 9.17) is 11.6 Å². The molecule has 1 heterocycles. The second-order valence-electron chi connectivity index (χ2n) is 4.03. The minimum Gasteiger partial charge on any atom is -0.226 e. The molecule has 0 unspecified atom stereocenters. The Hall–Kier alpha value is -1.57. The lowest BCUT2D eigenvalue weighted by Crippen LogP contribution is -2.35. The Balaban J connectivity index is 2.73. The number of aromatic nitrogens is 2. The van der Waals surface area contributed by atoms with E-state index in [0.717, 1.165) is 6.07 Å². The number of halogens is 7. The second-order valence-corrected chi connectivity index (χ2v) is 4.39. The van der Waals surface area contributed by atoms with Crippen LogP contribution in [0.5, 0.6) is 0 Å². The summed E-state index contributed by atoms with van der Waals surface area (Å²) in [4.78, 5) is 6.04. The lowest BCUT2D eigenvalue weighted by Gasteiger charge is -2.18. The van der Waals surface area contributed by atoms with E-state index >= 15 is 0 Å². The summed E-state index contributed by atoms with van der Waals surface area (Å²) in [7, 11) is 0. The van der Waals surface area contributed by atoms with Crippen molar-refractivity contribution in [3.05, 3.63) is 34.5 Å². The van der Waals surface area contributed by atoms with E-state index < -0.39 is 34.4 Å². The third kappa shape index (κ3) is 2.28. The average Bonchev–Trinajstić information content (AvgIpc) is 2.30. The van der Waals surface area contributed by atoms with Crippen molar-refractivity contribution in [3.8, 4) is 0 Å². The molecule has 20 heavy (non-hydrogen) atoms. The van der Waals surface area contributed by atoms with Gasteiger partial charge in [-0.3, -0.25) is 0 Å². The zero-order valence-corrected chi connectivity index (χ0v) is 10.5. The molecular weight excluding hydrogens is 310 g/mol. The molecular formula is C11H5ClF6N2. The van der Waals surface area contributed by atoms with Crippen molar-refractivity contribution in [3.63, 3.8) is 0 Å². The predicted octanol–water partition coefficient (Wildman–Crippen LogP) is 4.38. The van der Waals surface area contributed by atoms with E-state index in [-0.39, 0.29) is 10.9 Å². The molecule has 0 atom stereocenters. The average molecular weight is 315 g/mol. The van der Waals surface area contributed by atoms with Crippen molar-refractivity contribution < 1.29 is 26.3 Å². The van der Waals surface area contributed by atoms with Gasteiger partial charge in [0, 0.05) is 11.5 Å². The fourth-order valence-electron chi connectivity index (χ4n) is 1.49. The number of alkyl halides is 5. The number of hydrogen-bond acceptors (Lipinski definition) is 2. The van der Waals surface area contributed by atoms with Gasteiger partial charge in [-0.25, -0.2) is 14.4 Å². The molecule has 0 spiro atoms. The van der Waals surface area contributed by atoms with Crippen molar-refractivity contribution in [2.24, 2.45) is 0 Å². The molecule has 0 N–H and O–H groups in total. The van der Waals surface area contributed by atoms with Gasteiger partial charge in [0.25, 0.3) is 0 Å². The van der Waals surface area contributed by atoms with Gasteiger partial charge in [-0.15, -0.1) is 0 Å². The van der Waals surface area contributed by atoms with Gasteiger partial charge in [-0.1, -0.05) is 11.6 Å². The molecule has 0 aliphatic rings. The first-order valence-electron chi connectivity index (χ1n) is 5.12. The highest BCUT2D eigenvalue weighted by Crippen LogP contribution is 2.43. The number of nitrogens with zero attached hydrogens (tertiary/aromatic N) is 2. The van der Waals surface area contributed by atoms with Gasteiger partial charge in [0.1, 0.15) is 11.0 Å². The van der Waals surface area contributed by atoms with Crippen molar-refractivity contribution in [2.45, 2.75) is 19.0 Å². The van der Waals surface area contributed by atoms with Gasteiger partial charge in [-0.2, -0.15) is 22.0 Å². The van der Waals surface area contributed by atoms with Crippen molar-refractivity contribution in [2.75, 3.05) is 0 Å². The molecule has 108 valence electrons. The Morgan fingerprint density at radius 1 is 1.05 bits per heavy atom. The van der Waals surface area contributed by atoms with Gasteiger partial charge in [0.05, 0.1) is 5.52 Å². The summed E-state index contributed by atoms with van der Waals surface area (Å²) in [5.74, 6) is -7.88. The normalized spacial score (nSPS) is 13.0. The van der Waals surface area contributed by atoms with E-state index in [0.29, 0.717) is 0 Å².